The van der Waals surface area contributed by atoms with Gasteiger partial charge in [-0.05, 0) is 19.1 Å². The third-order valence-corrected chi connectivity index (χ3v) is 4.25. The lowest BCUT2D eigenvalue weighted by molar-refractivity contribution is 0.144. The first kappa shape index (κ1) is 9.81. The lowest BCUT2D eigenvalue weighted by Crippen LogP contribution is -2.47. The molecule has 1 aliphatic carbocycles. The third kappa shape index (κ3) is 2.39. The zero-order chi connectivity index (χ0) is 9.10. The highest BCUT2D eigenvalue weighted by Gasteiger charge is 2.25. The van der Waals surface area contributed by atoms with E-state index in [1.54, 1.807) is 0 Å². The highest BCUT2D eigenvalue weighted by Crippen LogP contribution is 2.24. The van der Waals surface area contributed by atoms with Crippen LogP contribution in [0, 0.1) is 0 Å². The Labute approximate surface area is 85.8 Å². The van der Waals surface area contributed by atoms with Crippen LogP contribution >= 0.6 is 11.9 Å². The van der Waals surface area contributed by atoms with Crippen LogP contribution in [0.5, 0.6) is 0 Å². The molecule has 0 radical (unpaired) electrons. The van der Waals surface area contributed by atoms with E-state index < -0.39 is 0 Å². The zero-order valence-electron chi connectivity index (χ0n) is 8.54. The normalized spacial score (nSPS) is 28.4. The van der Waals surface area contributed by atoms with Gasteiger partial charge in [0.05, 0.1) is 0 Å². The molecule has 1 aliphatic heterocycles. The van der Waals surface area contributed by atoms with Gasteiger partial charge in [0.15, 0.2) is 0 Å². The van der Waals surface area contributed by atoms with Crippen molar-refractivity contribution in [2.45, 2.75) is 31.7 Å². The standard InChI is InChI=1S/C10H20N2S/c1-13-12-8-6-11(7-9-12)10-4-2-3-5-10/h10H,2-9H2,1H3. The maximum Gasteiger partial charge on any atom is 0.0218 e. The maximum atomic E-state index is 2.71. The van der Waals surface area contributed by atoms with Gasteiger partial charge in [0.2, 0.25) is 0 Å². The molecule has 0 aromatic heterocycles. The fourth-order valence-electron chi connectivity index (χ4n) is 2.52. The van der Waals surface area contributed by atoms with Crippen LogP contribution in [0.25, 0.3) is 0 Å². The summed E-state index contributed by atoms with van der Waals surface area (Å²) < 4.78 is 2.48. The van der Waals surface area contributed by atoms with E-state index in [1.165, 1.54) is 51.9 Å². The van der Waals surface area contributed by atoms with Crippen LogP contribution in [0.3, 0.4) is 0 Å². The van der Waals surface area contributed by atoms with Gasteiger partial charge in [-0.15, -0.1) is 0 Å². The molecular weight excluding hydrogens is 180 g/mol. The van der Waals surface area contributed by atoms with Gasteiger partial charge >= 0.3 is 0 Å². The fourth-order valence-corrected chi connectivity index (χ4v) is 3.05. The molecule has 1 heterocycles. The van der Waals surface area contributed by atoms with Crippen LogP contribution in [0.2, 0.25) is 0 Å². The summed E-state index contributed by atoms with van der Waals surface area (Å²) in [6, 6.07) is 0.934. The number of nitrogens with zero attached hydrogens (tertiary/aromatic N) is 2. The third-order valence-electron chi connectivity index (χ3n) is 3.37. The summed E-state index contributed by atoms with van der Waals surface area (Å²) in [5.74, 6) is 0. The molecule has 13 heavy (non-hydrogen) atoms. The first-order valence-electron chi connectivity index (χ1n) is 5.43. The molecule has 2 nitrogen and oxygen atoms in total. The van der Waals surface area contributed by atoms with Gasteiger partial charge in [-0.3, -0.25) is 4.90 Å². The van der Waals surface area contributed by atoms with E-state index in [4.69, 9.17) is 0 Å². The van der Waals surface area contributed by atoms with E-state index >= 15 is 0 Å². The summed E-state index contributed by atoms with van der Waals surface area (Å²) >= 11 is 1.90. The van der Waals surface area contributed by atoms with Crippen molar-refractivity contribution in [3.63, 3.8) is 0 Å². The molecule has 0 spiro atoms. The molecule has 0 bridgehead atoms. The van der Waals surface area contributed by atoms with Crippen LogP contribution in [-0.4, -0.2) is 47.7 Å². The molecule has 2 aliphatic rings. The van der Waals surface area contributed by atoms with Crippen molar-refractivity contribution in [3.05, 3.63) is 0 Å². The first-order chi connectivity index (χ1) is 6.40. The first-order valence-corrected chi connectivity index (χ1v) is 6.61. The lowest BCUT2D eigenvalue weighted by Gasteiger charge is -2.36. The minimum absolute atomic E-state index is 0.934. The van der Waals surface area contributed by atoms with Crippen LogP contribution in [0.1, 0.15) is 25.7 Å². The molecule has 0 aromatic rings. The summed E-state index contributed by atoms with van der Waals surface area (Å²) in [4.78, 5) is 2.71. The SMILES string of the molecule is CSN1CCN(C2CCCC2)CC1. The summed E-state index contributed by atoms with van der Waals surface area (Å²) in [7, 11) is 0. The highest BCUT2D eigenvalue weighted by atomic mass is 32.2. The molecule has 2 rings (SSSR count). The average Bonchev–Trinajstić information content (AvgIpc) is 2.71. The van der Waals surface area contributed by atoms with Crippen molar-refractivity contribution in [1.29, 1.82) is 0 Å². The van der Waals surface area contributed by atoms with Crippen molar-refractivity contribution in [3.8, 4) is 0 Å². The van der Waals surface area contributed by atoms with Gasteiger partial charge in [0, 0.05) is 32.2 Å². The van der Waals surface area contributed by atoms with E-state index in [9.17, 15) is 0 Å². The van der Waals surface area contributed by atoms with E-state index in [0.717, 1.165) is 6.04 Å². The van der Waals surface area contributed by atoms with Gasteiger partial charge in [0.25, 0.3) is 0 Å². The molecule has 3 heteroatoms. The van der Waals surface area contributed by atoms with Gasteiger partial charge in [-0.2, -0.15) is 0 Å². The predicted molar refractivity (Wildman–Crippen MR) is 58.9 cm³/mol. The second-order valence-corrected chi connectivity index (χ2v) is 4.97. The minimum atomic E-state index is 0.934. The summed E-state index contributed by atoms with van der Waals surface area (Å²) in [5.41, 5.74) is 0. The van der Waals surface area contributed by atoms with Crippen LogP contribution in [0.15, 0.2) is 0 Å². The number of hydrogen-bond acceptors (Lipinski definition) is 3. The molecule has 76 valence electrons. The quantitative estimate of drug-likeness (QED) is 0.628. The Bertz CT molecular complexity index is 149. The Morgan fingerprint density at radius 3 is 2.15 bits per heavy atom. The molecule has 0 N–H and O–H groups in total. The van der Waals surface area contributed by atoms with Crippen LogP contribution in [-0.2, 0) is 0 Å². The molecular formula is C10H20N2S. The van der Waals surface area contributed by atoms with Crippen molar-refractivity contribution < 1.29 is 0 Å². The van der Waals surface area contributed by atoms with E-state index in [0.29, 0.717) is 0 Å². The molecule has 0 amide bonds. The van der Waals surface area contributed by atoms with Crippen molar-refractivity contribution >= 4 is 11.9 Å². The van der Waals surface area contributed by atoms with Crippen molar-refractivity contribution in [2.24, 2.45) is 0 Å². The van der Waals surface area contributed by atoms with Gasteiger partial charge in [-0.25, -0.2) is 4.31 Å². The molecule has 2 fully saturated rings. The minimum Gasteiger partial charge on any atom is -0.298 e. The van der Waals surface area contributed by atoms with E-state index in [1.807, 2.05) is 11.9 Å². The Morgan fingerprint density at radius 2 is 1.62 bits per heavy atom. The summed E-state index contributed by atoms with van der Waals surface area (Å²) in [6.45, 7) is 5.12. The van der Waals surface area contributed by atoms with Crippen LogP contribution < -0.4 is 0 Å². The predicted octanol–water partition coefficient (Wildman–Crippen LogP) is 1.82. The molecule has 0 aromatic carbocycles. The maximum absolute atomic E-state index is 2.71. The van der Waals surface area contributed by atoms with E-state index in [2.05, 4.69) is 15.5 Å². The smallest absolute Gasteiger partial charge is 0.0218 e. The van der Waals surface area contributed by atoms with Gasteiger partial charge in [0.1, 0.15) is 0 Å². The van der Waals surface area contributed by atoms with Crippen molar-refractivity contribution in [1.82, 2.24) is 9.21 Å². The largest absolute Gasteiger partial charge is 0.298 e. The number of rotatable bonds is 2. The molecule has 0 unspecified atom stereocenters. The summed E-state index contributed by atoms with van der Waals surface area (Å²) in [5, 5.41) is 0. The lowest BCUT2D eigenvalue weighted by atomic mass is 10.2. The number of piperazine rings is 1. The molecule has 1 saturated carbocycles. The molecule has 1 saturated heterocycles. The fraction of sp³-hybridized carbons (Fsp3) is 1.00. The zero-order valence-corrected chi connectivity index (χ0v) is 9.35. The van der Waals surface area contributed by atoms with Gasteiger partial charge < -0.3 is 0 Å². The average molecular weight is 200 g/mol. The van der Waals surface area contributed by atoms with E-state index in [-0.39, 0.29) is 0 Å². The van der Waals surface area contributed by atoms with Crippen LogP contribution in [0.4, 0.5) is 0 Å². The Morgan fingerprint density at radius 1 is 1.00 bits per heavy atom. The second kappa shape index (κ2) is 4.67. The second-order valence-electron chi connectivity index (χ2n) is 4.09. The Balaban J connectivity index is 1.77. The monoisotopic (exact) mass is 200 g/mol. The topological polar surface area (TPSA) is 6.48 Å². The Kier molecular flexibility index (Phi) is 3.52. The molecule has 0 atom stereocenters. The Hall–Kier alpha value is 0.270. The summed E-state index contributed by atoms with van der Waals surface area (Å²) in [6.07, 6.45) is 8.03. The highest BCUT2D eigenvalue weighted by molar-refractivity contribution is 7.96. The van der Waals surface area contributed by atoms with Gasteiger partial charge in [-0.1, -0.05) is 24.8 Å². The number of hydrogen-bond donors (Lipinski definition) is 0. The van der Waals surface area contributed by atoms with Crippen molar-refractivity contribution in [2.75, 3.05) is 32.4 Å².